The maximum absolute atomic E-state index is 11.9. The van der Waals surface area contributed by atoms with Gasteiger partial charge in [0.15, 0.2) is 0 Å². The lowest BCUT2D eigenvalue weighted by Gasteiger charge is -2.11. The number of ketones is 1. The van der Waals surface area contributed by atoms with Gasteiger partial charge in [0.1, 0.15) is 17.5 Å². The molecular weight excluding hydrogens is 216 g/mol. The van der Waals surface area contributed by atoms with E-state index in [0.717, 1.165) is 19.3 Å². The molecule has 1 fully saturated rings. The van der Waals surface area contributed by atoms with Gasteiger partial charge >= 0.3 is 5.97 Å². The van der Waals surface area contributed by atoms with Gasteiger partial charge in [-0.25, -0.2) is 0 Å². The van der Waals surface area contributed by atoms with E-state index in [-0.39, 0.29) is 5.78 Å². The number of ether oxygens (including phenoxy) is 1. The van der Waals surface area contributed by atoms with Crippen molar-refractivity contribution >= 4 is 11.8 Å². The maximum atomic E-state index is 11.9. The molecule has 0 saturated heterocycles. The van der Waals surface area contributed by atoms with Crippen LogP contribution in [0.4, 0.5) is 0 Å². The average Bonchev–Trinajstić information content (AvgIpc) is 2.55. The first-order chi connectivity index (χ1) is 8.27. The molecule has 1 unspecified atom stereocenters. The topological polar surface area (TPSA) is 43.4 Å². The average molecular weight is 232 g/mol. The van der Waals surface area contributed by atoms with Gasteiger partial charge < -0.3 is 4.74 Å². The summed E-state index contributed by atoms with van der Waals surface area (Å²) in [6.07, 6.45) is 3.99. The van der Waals surface area contributed by atoms with E-state index in [1.165, 1.54) is 0 Å². The molecule has 2 rings (SSSR count). The number of carbonyl (C=O) groups is 2. The van der Waals surface area contributed by atoms with E-state index in [9.17, 15) is 9.59 Å². The second-order valence-corrected chi connectivity index (χ2v) is 4.35. The molecule has 0 bridgehead atoms. The van der Waals surface area contributed by atoms with E-state index in [1.54, 1.807) is 24.3 Å². The fourth-order valence-corrected chi connectivity index (χ4v) is 2.08. The standard InChI is InChI=1S/C14H16O3/c15-13-10-6-2-5-9-12(13)14(16)17-11-7-3-1-4-8-11/h1,3-4,7-8,12H,2,5-6,9-10H2. The molecule has 1 saturated carbocycles. The molecular formula is C14H16O3. The molecule has 0 spiro atoms. The van der Waals surface area contributed by atoms with Gasteiger partial charge in [-0.2, -0.15) is 0 Å². The summed E-state index contributed by atoms with van der Waals surface area (Å²) in [7, 11) is 0. The summed E-state index contributed by atoms with van der Waals surface area (Å²) in [5, 5.41) is 0. The van der Waals surface area contributed by atoms with Gasteiger partial charge in [0.05, 0.1) is 0 Å². The van der Waals surface area contributed by atoms with E-state index in [4.69, 9.17) is 4.74 Å². The summed E-state index contributed by atoms with van der Waals surface area (Å²) in [6.45, 7) is 0. The smallest absolute Gasteiger partial charge is 0.321 e. The highest BCUT2D eigenvalue weighted by atomic mass is 16.5. The minimum atomic E-state index is -0.558. The van der Waals surface area contributed by atoms with Crippen LogP contribution in [0.3, 0.4) is 0 Å². The van der Waals surface area contributed by atoms with Crippen LogP contribution in [0.1, 0.15) is 32.1 Å². The lowest BCUT2D eigenvalue weighted by Crippen LogP contribution is -2.27. The molecule has 1 aliphatic carbocycles. The van der Waals surface area contributed by atoms with Gasteiger partial charge in [-0.1, -0.05) is 31.0 Å². The van der Waals surface area contributed by atoms with Gasteiger partial charge in [0, 0.05) is 6.42 Å². The molecule has 0 aliphatic heterocycles. The highest BCUT2D eigenvalue weighted by Gasteiger charge is 2.29. The van der Waals surface area contributed by atoms with Crippen LogP contribution in [-0.2, 0) is 9.59 Å². The van der Waals surface area contributed by atoms with E-state index >= 15 is 0 Å². The van der Waals surface area contributed by atoms with Crippen molar-refractivity contribution in [1.82, 2.24) is 0 Å². The van der Waals surface area contributed by atoms with Crippen LogP contribution in [0.5, 0.6) is 5.75 Å². The maximum Gasteiger partial charge on any atom is 0.321 e. The number of carbonyl (C=O) groups excluding carboxylic acids is 2. The van der Waals surface area contributed by atoms with Gasteiger partial charge in [-0.05, 0) is 25.0 Å². The molecule has 0 N–H and O–H groups in total. The Labute approximate surface area is 101 Å². The zero-order valence-corrected chi connectivity index (χ0v) is 9.72. The molecule has 1 aliphatic rings. The predicted molar refractivity (Wildman–Crippen MR) is 63.7 cm³/mol. The van der Waals surface area contributed by atoms with Crippen molar-refractivity contribution in [3.8, 4) is 5.75 Å². The normalized spacial score (nSPS) is 20.7. The molecule has 0 aromatic heterocycles. The molecule has 1 atom stereocenters. The number of hydrogen-bond acceptors (Lipinski definition) is 3. The summed E-state index contributed by atoms with van der Waals surface area (Å²) in [4.78, 5) is 23.6. The first-order valence-corrected chi connectivity index (χ1v) is 6.07. The van der Waals surface area contributed by atoms with Crippen LogP contribution >= 0.6 is 0 Å². The molecule has 3 nitrogen and oxygen atoms in total. The number of rotatable bonds is 2. The van der Waals surface area contributed by atoms with Crippen molar-refractivity contribution in [3.05, 3.63) is 30.3 Å². The number of esters is 1. The second kappa shape index (κ2) is 5.62. The predicted octanol–water partition coefficient (Wildman–Crippen LogP) is 2.74. The van der Waals surface area contributed by atoms with Crippen LogP contribution in [0.15, 0.2) is 30.3 Å². The Morgan fingerprint density at radius 1 is 1.12 bits per heavy atom. The monoisotopic (exact) mass is 232 g/mol. The Hall–Kier alpha value is -1.64. The molecule has 3 heteroatoms. The molecule has 1 aromatic rings. The van der Waals surface area contributed by atoms with Crippen molar-refractivity contribution in [3.63, 3.8) is 0 Å². The first-order valence-electron chi connectivity index (χ1n) is 6.07. The van der Waals surface area contributed by atoms with Crippen molar-refractivity contribution in [2.75, 3.05) is 0 Å². The molecule has 0 amide bonds. The Morgan fingerprint density at radius 2 is 1.88 bits per heavy atom. The summed E-state index contributed by atoms with van der Waals surface area (Å²) in [6, 6.07) is 8.90. The SMILES string of the molecule is O=C1CCCCCC1C(=O)Oc1ccccc1. The van der Waals surface area contributed by atoms with Crippen LogP contribution < -0.4 is 4.74 Å². The third kappa shape index (κ3) is 3.16. The van der Waals surface area contributed by atoms with E-state index < -0.39 is 11.9 Å². The molecule has 90 valence electrons. The quantitative estimate of drug-likeness (QED) is 0.341. The largest absolute Gasteiger partial charge is 0.426 e. The number of hydrogen-bond donors (Lipinski definition) is 0. The number of Topliss-reactive ketones (excluding diaryl/α,β-unsaturated/α-hetero) is 1. The third-order valence-electron chi connectivity index (χ3n) is 3.05. The van der Waals surface area contributed by atoms with Crippen LogP contribution in [0, 0.1) is 5.92 Å². The Balaban J connectivity index is 2.01. The Kier molecular flexibility index (Phi) is 3.91. The van der Waals surface area contributed by atoms with E-state index in [2.05, 4.69) is 0 Å². The first kappa shape index (κ1) is 11.8. The minimum Gasteiger partial charge on any atom is -0.426 e. The van der Waals surface area contributed by atoms with E-state index in [1.807, 2.05) is 6.07 Å². The lowest BCUT2D eigenvalue weighted by molar-refractivity contribution is -0.144. The van der Waals surface area contributed by atoms with Gasteiger partial charge in [-0.15, -0.1) is 0 Å². The van der Waals surface area contributed by atoms with Crippen molar-refractivity contribution in [1.29, 1.82) is 0 Å². The minimum absolute atomic E-state index is 0.0310. The van der Waals surface area contributed by atoms with Crippen LogP contribution in [0.25, 0.3) is 0 Å². The van der Waals surface area contributed by atoms with Gasteiger partial charge in [0.2, 0.25) is 0 Å². The Morgan fingerprint density at radius 3 is 2.65 bits per heavy atom. The Bertz CT molecular complexity index is 397. The van der Waals surface area contributed by atoms with Gasteiger partial charge in [-0.3, -0.25) is 9.59 Å². The molecule has 0 heterocycles. The summed E-state index contributed by atoms with van der Waals surface area (Å²) >= 11 is 0. The molecule has 1 aromatic carbocycles. The zero-order valence-electron chi connectivity index (χ0n) is 9.72. The number of benzene rings is 1. The highest BCUT2D eigenvalue weighted by molar-refractivity contribution is 5.99. The summed E-state index contributed by atoms with van der Waals surface area (Å²) in [5.41, 5.74) is 0. The highest BCUT2D eigenvalue weighted by Crippen LogP contribution is 2.22. The lowest BCUT2D eigenvalue weighted by atomic mass is 9.99. The van der Waals surface area contributed by atoms with Crippen molar-refractivity contribution in [2.24, 2.45) is 5.92 Å². The fourth-order valence-electron chi connectivity index (χ4n) is 2.08. The summed E-state index contributed by atoms with van der Waals surface area (Å²) in [5.74, 6) is -0.418. The summed E-state index contributed by atoms with van der Waals surface area (Å²) < 4.78 is 5.22. The molecule has 17 heavy (non-hydrogen) atoms. The van der Waals surface area contributed by atoms with Crippen molar-refractivity contribution < 1.29 is 14.3 Å². The van der Waals surface area contributed by atoms with Crippen LogP contribution in [-0.4, -0.2) is 11.8 Å². The zero-order chi connectivity index (χ0) is 12.1. The molecule has 0 radical (unpaired) electrons. The number of para-hydroxylation sites is 1. The fraction of sp³-hybridized carbons (Fsp3) is 0.429. The van der Waals surface area contributed by atoms with Crippen LogP contribution in [0.2, 0.25) is 0 Å². The second-order valence-electron chi connectivity index (χ2n) is 4.35. The van der Waals surface area contributed by atoms with Crippen molar-refractivity contribution in [2.45, 2.75) is 32.1 Å². The van der Waals surface area contributed by atoms with E-state index in [0.29, 0.717) is 18.6 Å². The third-order valence-corrected chi connectivity index (χ3v) is 3.05. The van der Waals surface area contributed by atoms with Gasteiger partial charge in [0.25, 0.3) is 0 Å².